The predicted molar refractivity (Wildman–Crippen MR) is 124 cm³/mol. The van der Waals surface area contributed by atoms with E-state index >= 15 is 0 Å². The van der Waals surface area contributed by atoms with Crippen LogP contribution in [-0.2, 0) is 13.0 Å². The summed E-state index contributed by atoms with van der Waals surface area (Å²) in [5.74, 6) is 2.50. The number of benzene rings is 2. The molecule has 3 rings (SSSR count). The number of aromatic nitrogens is 4. The molecule has 3 aromatic rings. The molecule has 0 aliphatic heterocycles. The van der Waals surface area contributed by atoms with E-state index in [4.69, 9.17) is 9.47 Å². The number of ether oxygens (including phenoxy) is 2. The Balaban J connectivity index is 1.49. The molecule has 0 fully saturated rings. The van der Waals surface area contributed by atoms with Crippen LogP contribution in [0.3, 0.4) is 0 Å². The fourth-order valence-corrected chi connectivity index (χ4v) is 4.02. The summed E-state index contributed by atoms with van der Waals surface area (Å²) in [5, 5.41) is 16.3. The molecule has 2 aromatic carbocycles. The van der Waals surface area contributed by atoms with E-state index in [9.17, 15) is 0 Å². The van der Waals surface area contributed by atoms with Crippen molar-refractivity contribution in [3.05, 3.63) is 66.2 Å². The largest absolute Gasteiger partial charge is 0.493 e. The van der Waals surface area contributed by atoms with Crippen molar-refractivity contribution in [2.24, 2.45) is 0 Å². The molecule has 8 heteroatoms. The Bertz CT molecular complexity index is 962. The van der Waals surface area contributed by atoms with Gasteiger partial charge in [0.25, 0.3) is 0 Å². The van der Waals surface area contributed by atoms with Crippen LogP contribution in [0.15, 0.2) is 60.3 Å². The maximum absolute atomic E-state index is 5.79. The number of nitrogens with zero attached hydrogens (tertiary/aromatic N) is 4. The van der Waals surface area contributed by atoms with Crippen LogP contribution in [0.4, 0.5) is 0 Å². The minimum absolute atomic E-state index is 0.601. The number of allylic oxidation sites excluding steroid dienone is 1. The number of para-hydroxylation sites is 1. The number of methoxy groups -OCH3 is 1. The normalized spacial score (nSPS) is 10.8. The Morgan fingerprint density at radius 1 is 1.23 bits per heavy atom. The molecule has 0 spiro atoms. The van der Waals surface area contributed by atoms with Gasteiger partial charge in [0.05, 0.1) is 19.4 Å². The summed E-state index contributed by atoms with van der Waals surface area (Å²) in [6, 6.07) is 14.1. The van der Waals surface area contributed by atoms with Gasteiger partial charge in [-0.25, -0.2) is 0 Å². The number of tetrazole rings is 1. The van der Waals surface area contributed by atoms with E-state index in [0.717, 1.165) is 65.2 Å². The van der Waals surface area contributed by atoms with E-state index in [1.165, 1.54) is 0 Å². The zero-order valence-corrected chi connectivity index (χ0v) is 18.9. The molecule has 31 heavy (non-hydrogen) atoms. The van der Waals surface area contributed by atoms with E-state index in [0.29, 0.717) is 6.61 Å². The molecule has 7 nitrogen and oxygen atoms in total. The van der Waals surface area contributed by atoms with E-state index in [2.05, 4.69) is 33.5 Å². The molecule has 0 bridgehead atoms. The third-order valence-electron chi connectivity index (χ3n) is 4.56. The Morgan fingerprint density at radius 3 is 2.81 bits per heavy atom. The van der Waals surface area contributed by atoms with Gasteiger partial charge in [0, 0.05) is 17.9 Å². The van der Waals surface area contributed by atoms with E-state index in [1.807, 2.05) is 49.4 Å². The lowest BCUT2D eigenvalue weighted by atomic mass is 10.1. The van der Waals surface area contributed by atoms with Crippen LogP contribution in [-0.4, -0.2) is 46.2 Å². The molecule has 1 heterocycles. The first-order valence-corrected chi connectivity index (χ1v) is 11.4. The summed E-state index contributed by atoms with van der Waals surface area (Å²) in [5.41, 5.74) is 3.22. The minimum Gasteiger partial charge on any atom is -0.493 e. The zero-order valence-electron chi connectivity index (χ0n) is 18.1. The van der Waals surface area contributed by atoms with Crippen molar-refractivity contribution in [2.75, 3.05) is 26.0 Å². The van der Waals surface area contributed by atoms with Gasteiger partial charge in [-0.1, -0.05) is 42.1 Å². The highest BCUT2D eigenvalue weighted by Gasteiger charge is 2.12. The smallest absolute Gasteiger partial charge is 0.214 e. The zero-order chi connectivity index (χ0) is 21.9. The van der Waals surface area contributed by atoms with Gasteiger partial charge in [-0.3, -0.25) is 0 Å². The maximum atomic E-state index is 5.79. The fraction of sp³-hybridized carbons (Fsp3) is 0.348. The van der Waals surface area contributed by atoms with Crippen molar-refractivity contribution < 1.29 is 9.47 Å². The first-order valence-electron chi connectivity index (χ1n) is 10.4. The highest BCUT2D eigenvalue weighted by atomic mass is 32.2. The van der Waals surface area contributed by atoms with Gasteiger partial charge in [0.15, 0.2) is 11.5 Å². The lowest BCUT2D eigenvalue weighted by Gasteiger charge is -2.16. The second kappa shape index (κ2) is 12.1. The van der Waals surface area contributed by atoms with Crippen LogP contribution in [0.2, 0.25) is 0 Å². The summed E-state index contributed by atoms with van der Waals surface area (Å²) < 4.78 is 13.1. The van der Waals surface area contributed by atoms with Gasteiger partial charge in [0.1, 0.15) is 0 Å². The quantitative estimate of drug-likeness (QED) is 0.244. The van der Waals surface area contributed by atoms with Crippen molar-refractivity contribution in [1.29, 1.82) is 0 Å². The molecule has 0 saturated carbocycles. The molecular formula is C23H29N5O2S. The Hall–Kier alpha value is -2.84. The summed E-state index contributed by atoms with van der Waals surface area (Å²) in [6.07, 6.45) is 3.63. The van der Waals surface area contributed by atoms with Gasteiger partial charge >= 0.3 is 0 Å². The fourth-order valence-electron chi connectivity index (χ4n) is 3.19. The van der Waals surface area contributed by atoms with Gasteiger partial charge in [-0.15, -0.1) is 11.7 Å². The summed E-state index contributed by atoms with van der Waals surface area (Å²) in [7, 11) is 1.67. The molecule has 0 radical (unpaired) electrons. The molecule has 0 aliphatic carbocycles. The van der Waals surface area contributed by atoms with Crippen molar-refractivity contribution in [3.8, 4) is 17.2 Å². The third-order valence-corrected chi connectivity index (χ3v) is 5.57. The molecule has 0 unspecified atom stereocenters. The van der Waals surface area contributed by atoms with Gasteiger partial charge in [-0.05, 0) is 60.5 Å². The standard InChI is InChI=1S/C23H29N5O2S/c1-4-10-19-15-18(16-21(29-3)22(19)30-5-2)17-24-13-9-14-31-23-25-26-27-28(23)20-11-7-6-8-12-20/h4,6-8,11-12,15-16,24H,1,5,9-10,13-14,17H2,2-3H3. The van der Waals surface area contributed by atoms with Crippen LogP contribution in [0, 0.1) is 0 Å². The topological polar surface area (TPSA) is 74.1 Å². The van der Waals surface area contributed by atoms with Gasteiger partial charge in [-0.2, -0.15) is 4.68 Å². The average molecular weight is 440 g/mol. The molecule has 0 aliphatic rings. The predicted octanol–water partition coefficient (Wildman–Crippen LogP) is 4.07. The number of rotatable bonds is 13. The van der Waals surface area contributed by atoms with Crippen molar-refractivity contribution >= 4 is 11.8 Å². The second-order valence-electron chi connectivity index (χ2n) is 6.80. The van der Waals surface area contributed by atoms with E-state index < -0.39 is 0 Å². The number of hydrogen-bond donors (Lipinski definition) is 1. The lowest BCUT2D eigenvalue weighted by molar-refractivity contribution is 0.308. The first-order chi connectivity index (χ1) is 15.3. The highest BCUT2D eigenvalue weighted by molar-refractivity contribution is 7.99. The Morgan fingerprint density at radius 2 is 2.06 bits per heavy atom. The first kappa shape index (κ1) is 22.8. The summed E-state index contributed by atoms with van der Waals surface area (Å²) >= 11 is 1.66. The lowest BCUT2D eigenvalue weighted by Crippen LogP contribution is -2.16. The van der Waals surface area contributed by atoms with Crippen molar-refractivity contribution in [1.82, 2.24) is 25.5 Å². The summed E-state index contributed by atoms with van der Waals surface area (Å²) in [4.78, 5) is 0. The Labute approximate surface area is 187 Å². The van der Waals surface area contributed by atoms with Crippen LogP contribution >= 0.6 is 11.8 Å². The molecule has 1 N–H and O–H groups in total. The van der Waals surface area contributed by atoms with Crippen LogP contribution in [0.5, 0.6) is 11.5 Å². The van der Waals surface area contributed by atoms with E-state index in [1.54, 1.807) is 23.6 Å². The van der Waals surface area contributed by atoms with Crippen molar-refractivity contribution in [2.45, 2.75) is 31.5 Å². The molecule has 1 aromatic heterocycles. The number of thioether (sulfide) groups is 1. The molecule has 0 saturated heterocycles. The second-order valence-corrected chi connectivity index (χ2v) is 7.86. The Kier molecular flexibility index (Phi) is 8.93. The monoisotopic (exact) mass is 439 g/mol. The van der Waals surface area contributed by atoms with Crippen LogP contribution in [0.1, 0.15) is 24.5 Å². The highest BCUT2D eigenvalue weighted by Crippen LogP contribution is 2.33. The molecule has 0 amide bonds. The SMILES string of the molecule is C=CCc1cc(CNCCCSc2nnnn2-c2ccccc2)cc(OC)c1OCC. The van der Waals surface area contributed by atoms with Gasteiger partial charge in [0.2, 0.25) is 5.16 Å². The third kappa shape index (κ3) is 6.32. The number of nitrogens with one attached hydrogen (secondary N) is 1. The van der Waals surface area contributed by atoms with Gasteiger partial charge < -0.3 is 14.8 Å². The van der Waals surface area contributed by atoms with Crippen LogP contribution in [0.25, 0.3) is 5.69 Å². The molecular weight excluding hydrogens is 410 g/mol. The molecule has 164 valence electrons. The van der Waals surface area contributed by atoms with Crippen LogP contribution < -0.4 is 14.8 Å². The summed E-state index contributed by atoms with van der Waals surface area (Å²) in [6.45, 7) is 8.09. The average Bonchev–Trinajstić information content (AvgIpc) is 3.27. The molecule has 0 atom stereocenters. The number of hydrogen-bond acceptors (Lipinski definition) is 7. The minimum atomic E-state index is 0.601. The van der Waals surface area contributed by atoms with Crippen molar-refractivity contribution in [3.63, 3.8) is 0 Å². The van der Waals surface area contributed by atoms with E-state index in [-0.39, 0.29) is 0 Å². The maximum Gasteiger partial charge on any atom is 0.214 e.